The number of methoxy groups -OCH3 is 1. The highest BCUT2D eigenvalue weighted by molar-refractivity contribution is 5.49. The predicted molar refractivity (Wildman–Crippen MR) is 67.4 cm³/mol. The van der Waals surface area contributed by atoms with E-state index in [1.807, 2.05) is 0 Å². The summed E-state index contributed by atoms with van der Waals surface area (Å²) in [5, 5.41) is 20.2. The van der Waals surface area contributed by atoms with Gasteiger partial charge in [-0.25, -0.2) is 0 Å². The number of hydrogen-bond acceptors (Lipinski definition) is 5. The Balaban J connectivity index is 3.20. The van der Waals surface area contributed by atoms with E-state index in [0.29, 0.717) is 5.56 Å². The molecule has 0 bridgehead atoms. The number of ether oxygens (including phenoxy) is 1. The fourth-order valence-electron chi connectivity index (χ4n) is 1.59. The third kappa shape index (κ3) is 2.77. The number of aliphatic hydroxyl groups excluding tert-OH is 1. The van der Waals surface area contributed by atoms with Crippen LogP contribution in [0, 0.1) is 15.5 Å². The van der Waals surface area contributed by atoms with Gasteiger partial charge in [0.1, 0.15) is 0 Å². The van der Waals surface area contributed by atoms with Crippen LogP contribution in [-0.4, -0.2) is 23.7 Å². The molecule has 0 aliphatic rings. The van der Waals surface area contributed by atoms with Gasteiger partial charge < -0.3 is 15.6 Å². The van der Waals surface area contributed by atoms with E-state index in [4.69, 9.17) is 10.5 Å². The molecular weight excluding hydrogens is 236 g/mol. The number of nitrogens with zero attached hydrogens (tertiary/aromatic N) is 1. The van der Waals surface area contributed by atoms with Gasteiger partial charge in [0.25, 0.3) is 0 Å². The van der Waals surface area contributed by atoms with Gasteiger partial charge in [0.2, 0.25) is 0 Å². The number of hydrogen-bond donors (Lipinski definition) is 2. The Bertz CT molecular complexity index is 446. The smallest absolute Gasteiger partial charge is 0.311 e. The molecule has 18 heavy (non-hydrogen) atoms. The molecule has 0 aliphatic heterocycles. The van der Waals surface area contributed by atoms with Gasteiger partial charge in [0.05, 0.1) is 12.0 Å². The Morgan fingerprint density at radius 1 is 1.56 bits per heavy atom. The fraction of sp³-hybridized carbons (Fsp3) is 0.500. The Hall–Kier alpha value is -1.66. The molecule has 1 aromatic rings. The van der Waals surface area contributed by atoms with Crippen LogP contribution in [0.25, 0.3) is 0 Å². The lowest BCUT2D eigenvalue weighted by Crippen LogP contribution is -2.32. The highest BCUT2D eigenvalue weighted by Gasteiger charge is 2.29. The zero-order chi connectivity index (χ0) is 13.9. The lowest BCUT2D eigenvalue weighted by atomic mass is 9.82. The SMILES string of the molecule is COc1ccc([C@@H](N)C(C)(C)CO)cc1[N+](=O)[O-]. The summed E-state index contributed by atoms with van der Waals surface area (Å²) in [6, 6.07) is 4.09. The van der Waals surface area contributed by atoms with Crippen LogP contribution in [0.5, 0.6) is 5.75 Å². The van der Waals surface area contributed by atoms with E-state index in [0.717, 1.165) is 0 Å². The van der Waals surface area contributed by atoms with E-state index in [1.54, 1.807) is 19.9 Å². The molecule has 1 atom stereocenters. The van der Waals surface area contributed by atoms with Crippen molar-refractivity contribution in [2.75, 3.05) is 13.7 Å². The molecule has 0 radical (unpaired) electrons. The number of nitro benzene ring substituents is 1. The molecule has 0 saturated carbocycles. The molecule has 3 N–H and O–H groups in total. The summed E-state index contributed by atoms with van der Waals surface area (Å²) in [6.45, 7) is 3.50. The van der Waals surface area contributed by atoms with E-state index in [9.17, 15) is 15.2 Å². The van der Waals surface area contributed by atoms with E-state index >= 15 is 0 Å². The van der Waals surface area contributed by atoms with Crippen molar-refractivity contribution in [3.05, 3.63) is 33.9 Å². The maximum atomic E-state index is 10.9. The molecule has 0 spiro atoms. The summed E-state index contributed by atoms with van der Waals surface area (Å²) < 4.78 is 4.92. The second kappa shape index (κ2) is 5.32. The Kier molecular flexibility index (Phi) is 4.26. The van der Waals surface area contributed by atoms with Crippen molar-refractivity contribution >= 4 is 5.69 Å². The van der Waals surface area contributed by atoms with Crippen LogP contribution in [0.3, 0.4) is 0 Å². The summed E-state index contributed by atoms with van der Waals surface area (Å²) >= 11 is 0. The third-order valence-corrected chi connectivity index (χ3v) is 3.01. The van der Waals surface area contributed by atoms with Gasteiger partial charge in [0, 0.05) is 24.1 Å². The standard InChI is InChI=1S/C12H18N2O4/c1-12(2,7-15)11(13)8-4-5-10(18-3)9(6-8)14(16)17/h4-6,11,15H,7,13H2,1-3H3/t11-/m1/s1. The number of nitro groups is 1. The Morgan fingerprint density at radius 3 is 2.61 bits per heavy atom. The largest absolute Gasteiger partial charge is 0.490 e. The van der Waals surface area contributed by atoms with E-state index in [2.05, 4.69) is 0 Å². The number of benzene rings is 1. The first-order valence-corrected chi connectivity index (χ1v) is 5.52. The molecule has 0 unspecified atom stereocenters. The minimum atomic E-state index is -0.553. The van der Waals surface area contributed by atoms with Crippen molar-refractivity contribution in [1.29, 1.82) is 0 Å². The molecule has 0 amide bonds. The van der Waals surface area contributed by atoms with Crippen LogP contribution in [0.4, 0.5) is 5.69 Å². The van der Waals surface area contributed by atoms with Gasteiger partial charge in [-0.3, -0.25) is 10.1 Å². The van der Waals surface area contributed by atoms with Crippen molar-refractivity contribution in [3.8, 4) is 5.75 Å². The lowest BCUT2D eigenvalue weighted by molar-refractivity contribution is -0.385. The van der Waals surface area contributed by atoms with Gasteiger partial charge in [-0.2, -0.15) is 0 Å². The summed E-state index contributed by atoms with van der Waals surface area (Å²) in [4.78, 5) is 10.4. The fourth-order valence-corrected chi connectivity index (χ4v) is 1.59. The second-order valence-electron chi connectivity index (χ2n) is 4.81. The van der Waals surface area contributed by atoms with Crippen molar-refractivity contribution in [3.63, 3.8) is 0 Å². The highest BCUT2D eigenvalue weighted by atomic mass is 16.6. The van der Waals surface area contributed by atoms with Crippen LogP contribution in [0.2, 0.25) is 0 Å². The summed E-state index contributed by atoms with van der Waals surface area (Å²) in [6.07, 6.45) is 0. The molecule has 6 heteroatoms. The number of rotatable bonds is 5. The molecule has 100 valence electrons. The van der Waals surface area contributed by atoms with Crippen LogP contribution >= 0.6 is 0 Å². The maximum absolute atomic E-state index is 10.9. The molecule has 0 heterocycles. The van der Waals surface area contributed by atoms with Crippen LogP contribution in [0.1, 0.15) is 25.5 Å². The highest BCUT2D eigenvalue weighted by Crippen LogP contribution is 2.35. The van der Waals surface area contributed by atoms with E-state index < -0.39 is 16.4 Å². The lowest BCUT2D eigenvalue weighted by Gasteiger charge is -2.29. The molecule has 0 aromatic heterocycles. The van der Waals surface area contributed by atoms with E-state index in [1.165, 1.54) is 19.2 Å². The summed E-state index contributed by atoms with van der Waals surface area (Å²) in [5.74, 6) is 0.192. The molecule has 1 rings (SSSR count). The van der Waals surface area contributed by atoms with Crippen LogP contribution in [-0.2, 0) is 0 Å². The number of nitrogens with two attached hydrogens (primary N) is 1. The van der Waals surface area contributed by atoms with Crippen LogP contribution < -0.4 is 10.5 Å². The molecule has 0 saturated heterocycles. The van der Waals surface area contributed by atoms with Crippen LogP contribution in [0.15, 0.2) is 18.2 Å². The van der Waals surface area contributed by atoms with Gasteiger partial charge >= 0.3 is 5.69 Å². The minimum absolute atomic E-state index is 0.103. The van der Waals surface area contributed by atoms with Gasteiger partial charge in [-0.1, -0.05) is 19.9 Å². The first-order valence-electron chi connectivity index (χ1n) is 5.52. The minimum Gasteiger partial charge on any atom is -0.490 e. The Morgan fingerprint density at radius 2 is 2.17 bits per heavy atom. The first kappa shape index (κ1) is 14.4. The summed E-state index contributed by atoms with van der Waals surface area (Å²) in [5.41, 5.74) is 5.94. The molecule has 0 fully saturated rings. The van der Waals surface area contributed by atoms with Crippen molar-refractivity contribution in [2.24, 2.45) is 11.1 Å². The monoisotopic (exact) mass is 254 g/mol. The predicted octanol–water partition coefficient (Wildman–Crippen LogP) is 1.62. The Labute approximate surface area is 106 Å². The average Bonchev–Trinajstić information content (AvgIpc) is 2.36. The zero-order valence-electron chi connectivity index (χ0n) is 10.7. The van der Waals surface area contributed by atoms with Gasteiger partial charge in [-0.15, -0.1) is 0 Å². The normalized spacial score (nSPS) is 13.2. The quantitative estimate of drug-likeness (QED) is 0.614. The molecular formula is C12H18N2O4. The first-order chi connectivity index (χ1) is 8.33. The topological polar surface area (TPSA) is 98.6 Å². The maximum Gasteiger partial charge on any atom is 0.311 e. The van der Waals surface area contributed by atoms with Gasteiger partial charge in [0.15, 0.2) is 5.75 Å². The zero-order valence-corrected chi connectivity index (χ0v) is 10.7. The molecule has 6 nitrogen and oxygen atoms in total. The third-order valence-electron chi connectivity index (χ3n) is 3.01. The summed E-state index contributed by atoms with van der Waals surface area (Å²) in [7, 11) is 1.37. The van der Waals surface area contributed by atoms with Crippen molar-refractivity contribution in [2.45, 2.75) is 19.9 Å². The van der Waals surface area contributed by atoms with E-state index in [-0.39, 0.29) is 18.0 Å². The van der Waals surface area contributed by atoms with Crippen molar-refractivity contribution in [1.82, 2.24) is 0 Å². The molecule has 0 aliphatic carbocycles. The average molecular weight is 254 g/mol. The number of aliphatic hydroxyl groups is 1. The second-order valence-corrected chi connectivity index (χ2v) is 4.81. The van der Waals surface area contributed by atoms with Gasteiger partial charge in [-0.05, 0) is 11.6 Å². The van der Waals surface area contributed by atoms with Crippen molar-refractivity contribution < 1.29 is 14.8 Å². The molecule has 1 aromatic carbocycles.